The number of anilines is 1. The van der Waals surface area contributed by atoms with Crippen LogP contribution in [-0.2, 0) is 4.79 Å². The second-order valence-corrected chi connectivity index (χ2v) is 9.26. The predicted molar refractivity (Wildman–Crippen MR) is 124 cm³/mol. The summed E-state index contributed by atoms with van der Waals surface area (Å²) in [6.45, 7) is 3.37. The first kappa shape index (κ1) is 21.9. The lowest BCUT2D eigenvalue weighted by molar-refractivity contribution is -0.126. The fourth-order valence-corrected chi connectivity index (χ4v) is 4.79. The van der Waals surface area contributed by atoms with Crippen LogP contribution in [0, 0.1) is 12.8 Å². The fraction of sp³-hybridized carbons (Fsp3) is 0.542. The Bertz CT molecular complexity index is 982. The number of nitrogens with one attached hydrogen (secondary N) is 1. The summed E-state index contributed by atoms with van der Waals surface area (Å²) in [5.41, 5.74) is 1.39. The number of hydrogen-bond acceptors (Lipinski definition) is 4. The van der Waals surface area contributed by atoms with E-state index in [9.17, 15) is 9.59 Å². The van der Waals surface area contributed by atoms with Crippen LogP contribution >= 0.6 is 11.6 Å². The summed E-state index contributed by atoms with van der Waals surface area (Å²) < 4.78 is 1.38. The number of benzene rings is 1. The van der Waals surface area contributed by atoms with Crippen molar-refractivity contribution in [1.82, 2.24) is 15.1 Å². The van der Waals surface area contributed by atoms with E-state index < -0.39 is 0 Å². The van der Waals surface area contributed by atoms with Crippen molar-refractivity contribution in [2.45, 2.75) is 64.3 Å². The van der Waals surface area contributed by atoms with Gasteiger partial charge in [0.2, 0.25) is 5.91 Å². The molecule has 2 fully saturated rings. The van der Waals surface area contributed by atoms with E-state index in [4.69, 9.17) is 11.6 Å². The quantitative estimate of drug-likeness (QED) is 0.719. The van der Waals surface area contributed by atoms with Crippen LogP contribution in [0.2, 0.25) is 5.02 Å². The van der Waals surface area contributed by atoms with Gasteiger partial charge in [-0.15, -0.1) is 5.10 Å². The number of nitrogens with zero attached hydrogens (tertiary/aromatic N) is 3. The largest absolute Gasteiger partial charge is 0.354 e. The SMILES string of the molecule is Cc1ccc(-n2nc(N3CCCC(C(=O)NC4CCCCCC4)C3)ccc2=O)cc1Cl. The Morgan fingerprint density at radius 1 is 1.06 bits per heavy atom. The Balaban J connectivity index is 1.48. The molecule has 166 valence electrons. The average molecular weight is 443 g/mol. The number of hydrogen-bond donors (Lipinski definition) is 1. The summed E-state index contributed by atoms with van der Waals surface area (Å²) in [7, 11) is 0. The average Bonchev–Trinajstić information content (AvgIpc) is 3.05. The fourth-order valence-electron chi connectivity index (χ4n) is 4.61. The van der Waals surface area contributed by atoms with Gasteiger partial charge in [-0.3, -0.25) is 9.59 Å². The molecule has 7 heteroatoms. The first-order valence-electron chi connectivity index (χ1n) is 11.4. The Kier molecular flexibility index (Phi) is 6.96. The van der Waals surface area contributed by atoms with Crippen molar-refractivity contribution in [2.75, 3.05) is 18.0 Å². The van der Waals surface area contributed by atoms with Gasteiger partial charge in [-0.2, -0.15) is 4.68 Å². The van der Waals surface area contributed by atoms with Crippen LogP contribution in [0.25, 0.3) is 5.69 Å². The molecule has 1 atom stereocenters. The maximum Gasteiger partial charge on any atom is 0.271 e. The second-order valence-electron chi connectivity index (χ2n) is 8.86. The first-order valence-corrected chi connectivity index (χ1v) is 11.8. The Hall–Kier alpha value is -2.34. The molecule has 2 aliphatic rings. The van der Waals surface area contributed by atoms with Crippen molar-refractivity contribution >= 4 is 23.3 Å². The summed E-state index contributed by atoms with van der Waals surface area (Å²) in [6, 6.07) is 9.09. The lowest BCUT2D eigenvalue weighted by Crippen LogP contribution is -2.46. The summed E-state index contributed by atoms with van der Waals surface area (Å²) in [5, 5.41) is 8.50. The van der Waals surface area contributed by atoms with Gasteiger partial charge in [0.15, 0.2) is 0 Å². The van der Waals surface area contributed by atoms with Crippen LogP contribution in [0.15, 0.2) is 35.1 Å². The molecule has 0 radical (unpaired) electrons. The van der Waals surface area contributed by atoms with E-state index >= 15 is 0 Å². The molecule has 31 heavy (non-hydrogen) atoms. The minimum atomic E-state index is -0.205. The van der Waals surface area contributed by atoms with Crippen LogP contribution < -0.4 is 15.8 Å². The molecular formula is C24H31ClN4O2. The molecule has 1 aromatic heterocycles. The number of carbonyl (C=O) groups excluding carboxylic acids is 1. The maximum atomic E-state index is 12.9. The van der Waals surface area contributed by atoms with Crippen LogP contribution in [0.4, 0.5) is 5.82 Å². The van der Waals surface area contributed by atoms with Crippen molar-refractivity contribution < 1.29 is 4.79 Å². The van der Waals surface area contributed by atoms with Gasteiger partial charge < -0.3 is 10.2 Å². The first-order chi connectivity index (χ1) is 15.0. The summed E-state index contributed by atoms with van der Waals surface area (Å²) in [4.78, 5) is 27.5. The van der Waals surface area contributed by atoms with Gasteiger partial charge in [0.05, 0.1) is 11.6 Å². The highest BCUT2D eigenvalue weighted by molar-refractivity contribution is 6.31. The molecule has 1 amide bonds. The lowest BCUT2D eigenvalue weighted by atomic mass is 9.96. The highest BCUT2D eigenvalue weighted by atomic mass is 35.5. The number of aromatic nitrogens is 2. The second kappa shape index (κ2) is 9.86. The van der Waals surface area contributed by atoms with Gasteiger partial charge in [0.25, 0.3) is 5.56 Å². The summed E-state index contributed by atoms with van der Waals surface area (Å²) in [5.74, 6) is 0.825. The number of piperidine rings is 1. The molecule has 1 N–H and O–H groups in total. The standard InChI is InChI=1S/C24H31ClN4O2/c1-17-10-11-20(15-21(17)25)29-23(30)13-12-22(27-29)28-14-6-7-18(16-28)24(31)26-19-8-4-2-3-5-9-19/h10-13,15,18-19H,2-9,14,16H2,1H3,(H,26,31). The third-order valence-corrected chi connectivity index (χ3v) is 6.91. The normalized spacial score (nSPS) is 20.3. The topological polar surface area (TPSA) is 67.2 Å². The Morgan fingerprint density at radius 3 is 2.58 bits per heavy atom. The number of rotatable bonds is 4. The van der Waals surface area contributed by atoms with Gasteiger partial charge >= 0.3 is 0 Å². The zero-order valence-corrected chi connectivity index (χ0v) is 18.9. The van der Waals surface area contributed by atoms with Gasteiger partial charge in [0, 0.05) is 30.2 Å². The van der Waals surface area contributed by atoms with E-state index in [0.717, 1.165) is 37.8 Å². The van der Waals surface area contributed by atoms with E-state index in [1.165, 1.54) is 36.4 Å². The monoisotopic (exact) mass is 442 g/mol. The molecule has 1 unspecified atom stereocenters. The van der Waals surface area contributed by atoms with Crippen molar-refractivity contribution in [3.05, 3.63) is 51.3 Å². The van der Waals surface area contributed by atoms with Crippen molar-refractivity contribution in [3.8, 4) is 5.69 Å². The van der Waals surface area contributed by atoms with E-state index in [2.05, 4.69) is 15.3 Å². The molecule has 1 aliphatic heterocycles. The van der Waals surface area contributed by atoms with Crippen molar-refractivity contribution in [1.29, 1.82) is 0 Å². The third kappa shape index (κ3) is 5.29. The van der Waals surface area contributed by atoms with E-state index in [0.29, 0.717) is 29.1 Å². The minimum absolute atomic E-state index is 0.0481. The highest BCUT2D eigenvalue weighted by Crippen LogP contribution is 2.24. The smallest absolute Gasteiger partial charge is 0.271 e. The van der Waals surface area contributed by atoms with E-state index in [-0.39, 0.29) is 17.4 Å². The molecule has 6 nitrogen and oxygen atoms in total. The number of aryl methyl sites for hydroxylation is 1. The van der Waals surface area contributed by atoms with Crippen LogP contribution in [0.5, 0.6) is 0 Å². The Labute approximate surface area is 188 Å². The van der Waals surface area contributed by atoms with Gasteiger partial charge in [-0.25, -0.2) is 0 Å². The van der Waals surface area contributed by atoms with Crippen molar-refractivity contribution in [3.63, 3.8) is 0 Å². The van der Waals surface area contributed by atoms with E-state index in [1.54, 1.807) is 12.1 Å². The molecule has 1 saturated heterocycles. The number of amides is 1. The zero-order valence-electron chi connectivity index (χ0n) is 18.1. The molecule has 1 saturated carbocycles. The molecule has 2 aromatic rings. The molecule has 0 spiro atoms. The lowest BCUT2D eigenvalue weighted by Gasteiger charge is -2.33. The molecule has 1 aliphatic carbocycles. The molecule has 1 aromatic carbocycles. The van der Waals surface area contributed by atoms with Gasteiger partial charge in [-0.05, 0) is 56.4 Å². The van der Waals surface area contributed by atoms with Crippen molar-refractivity contribution in [2.24, 2.45) is 5.92 Å². The summed E-state index contributed by atoms with van der Waals surface area (Å²) >= 11 is 6.25. The minimum Gasteiger partial charge on any atom is -0.354 e. The van der Waals surface area contributed by atoms with Crippen LogP contribution in [0.1, 0.15) is 56.9 Å². The van der Waals surface area contributed by atoms with Crippen LogP contribution in [-0.4, -0.2) is 34.8 Å². The molecule has 2 heterocycles. The molecular weight excluding hydrogens is 412 g/mol. The zero-order chi connectivity index (χ0) is 21.8. The summed E-state index contributed by atoms with van der Waals surface area (Å²) in [6.07, 6.45) is 8.96. The number of carbonyl (C=O) groups is 1. The van der Waals surface area contributed by atoms with Gasteiger partial charge in [0.1, 0.15) is 5.82 Å². The molecule has 4 rings (SSSR count). The maximum absolute atomic E-state index is 12.9. The highest BCUT2D eigenvalue weighted by Gasteiger charge is 2.28. The van der Waals surface area contributed by atoms with E-state index in [1.807, 2.05) is 19.1 Å². The predicted octanol–water partition coefficient (Wildman–Crippen LogP) is 4.25. The Morgan fingerprint density at radius 2 is 1.84 bits per heavy atom. The number of halogens is 1. The van der Waals surface area contributed by atoms with Gasteiger partial charge in [-0.1, -0.05) is 43.4 Å². The third-order valence-electron chi connectivity index (χ3n) is 6.50. The molecule has 0 bridgehead atoms. The van der Waals surface area contributed by atoms with Crippen LogP contribution in [0.3, 0.4) is 0 Å².